The lowest BCUT2D eigenvalue weighted by Crippen LogP contribution is -2.27. The molecule has 5 nitrogen and oxygen atoms in total. The maximum absolute atomic E-state index is 8.83. The van der Waals surface area contributed by atoms with Gasteiger partial charge in [-0.1, -0.05) is 20.3 Å². The van der Waals surface area contributed by atoms with Crippen LogP contribution in [0.25, 0.3) is 0 Å². The van der Waals surface area contributed by atoms with Crippen LogP contribution >= 0.6 is 0 Å². The average molecular weight is 267 g/mol. The SMILES string of the molecule is CCC.Cc1cnc(O[C@@H]2CCN(CCO)C2)cn1. The second-order valence-electron chi connectivity index (χ2n) is 4.76. The van der Waals surface area contributed by atoms with Crippen molar-refractivity contribution in [2.45, 2.75) is 39.7 Å². The summed E-state index contributed by atoms with van der Waals surface area (Å²) < 4.78 is 5.71. The molecule has 0 bridgehead atoms. The Morgan fingerprint density at radius 2 is 2.11 bits per heavy atom. The third-order valence-electron chi connectivity index (χ3n) is 2.69. The van der Waals surface area contributed by atoms with Crippen molar-refractivity contribution in [3.8, 4) is 5.88 Å². The van der Waals surface area contributed by atoms with Gasteiger partial charge in [-0.3, -0.25) is 9.88 Å². The highest BCUT2D eigenvalue weighted by Gasteiger charge is 2.23. The molecular formula is C14H25N3O2. The monoisotopic (exact) mass is 267 g/mol. The fourth-order valence-corrected chi connectivity index (χ4v) is 1.85. The van der Waals surface area contributed by atoms with Crippen molar-refractivity contribution in [1.82, 2.24) is 14.9 Å². The summed E-state index contributed by atoms with van der Waals surface area (Å²) in [6, 6.07) is 0. The Kier molecular flexibility index (Phi) is 7.36. The molecule has 1 fully saturated rings. The van der Waals surface area contributed by atoms with E-state index in [9.17, 15) is 0 Å². The number of aliphatic hydroxyl groups excluding tert-OH is 1. The van der Waals surface area contributed by atoms with Crippen LogP contribution in [0.5, 0.6) is 5.88 Å². The third-order valence-corrected chi connectivity index (χ3v) is 2.69. The standard InChI is InChI=1S/C11H17N3O2.C3H8/c1-9-6-13-11(7-12-9)16-10-2-3-14(8-10)4-5-15;1-3-2/h6-7,10,15H,2-5,8H2,1H3;3H2,1-2H3/t10-;/m1./s1. The smallest absolute Gasteiger partial charge is 0.232 e. The van der Waals surface area contributed by atoms with Gasteiger partial charge in [0, 0.05) is 19.6 Å². The third kappa shape index (κ3) is 5.98. The zero-order valence-electron chi connectivity index (χ0n) is 12.2. The molecule has 1 N–H and O–H groups in total. The Bertz CT molecular complexity index is 343. The van der Waals surface area contributed by atoms with E-state index in [1.807, 2.05) is 6.92 Å². The number of hydrogen-bond acceptors (Lipinski definition) is 5. The molecule has 0 radical (unpaired) electrons. The summed E-state index contributed by atoms with van der Waals surface area (Å²) in [4.78, 5) is 10.5. The van der Waals surface area contributed by atoms with Crippen molar-refractivity contribution in [3.05, 3.63) is 18.1 Å². The highest BCUT2D eigenvalue weighted by Crippen LogP contribution is 2.15. The number of aryl methyl sites for hydroxylation is 1. The summed E-state index contributed by atoms with van der Waals surface area (Å²) in [6.45, 7) is 8.91. The zero-order chi connectivity index (χ0) is 14.1. The molecule has 5 heteroatoms. The minimum Gasteiger partial charge on any atom is -0.472 e. The van der Waals surface area contributed by atoms with Gasteiger partial charge in [0.15, 0.2) is 0 Å². The number of aliphatic hydroxyl groups is 1. The summed E-state index contributed by atoms with van der Waals surface area (Å²) in [7, 11) is 0. The van der Waals surface area contributed by atoms with E-state index in [4.69, 9.17) is 9.84 Å². The quantitative estimate of drug-likeness (QED) is 0.899. The predicted molar refractivity (Wildman–Crippen MR) is 75.3 cm³/mol. The number of likely N-dealkylation sites (tertiary alicyclic amines) is 1. The van der Waals surface area contributed by atoms with Crippen molar-refractivity contribution in [2.24, 2.45) is 0 Å². The first kappa shape index (κ1) is 15.9. The molecule has 0 saturated carbocycles. The van der Waals surface area contributed by atoms with E-state index in [1.54, 1.807) is 12.4 Å². The van der Waals surface area contributed by atoms with Gasteiger partial charge in [0.1, 0.15) is 6.10 Å². The Balaban J connectivity index is 0.000000550. The molecule has 0 aliphatic carbocycles. The molecule has 2 heterocycles. The maximum atomic E-state index is 8.83. The van der Waals surface area contributed by atoms with Gasteiger partial charge in [-0.2, -0.15) is 0 Å². The number of hydrogen-bond donors (Lipinski definition) is 1. The first-order valence-electron chi connectivity index (χ1n) is 6.98. The van der Waals surface area contributed by atoms with Crippen molar-refractivity contribution >= 4 is 0 Å². The van der Waals surface area contributed by atoms with Crippen LogP contribution in [0, 0.1) is 6.92 Å². The van der Waals surface area contributed by atoms with Gasteiger partial charge in [0.25, 0.3) is 0 Å². The molecule has 1 aliphatic rings. The van der Waals surface area contributed by atoms with E-state index in [-0.39, 0.29) is 12.7 Å². The van der Waals surface area contributed by atoms with Crippen LogP contribution in [-0.2, 0) is 0 Å². The van der Waals surface area contributed by atoms with Gasteiger partial charge in [-0.15, -0.1) is 0 Å². The van der Waals surface area contributed by atoms with E-state index in [1.165, 1.54) is 6.42 Å². The van der Waals surface area contributed by atoms with Crippen molar-refractivity contribution < 1.29 is 9.84 Å². The maximum Gasteiger partial charge on any atom is 0.232 e. The molecule has 108 valence electrons. The Morgan fingerprint density at radius 3 is 2.68 bits per heavy atom. The molecule has 1 saturated heterocycles. The number of ether oxygens (including phenoxy) is 1. The predicted octanol–water partition coefficient (Wildman–Crippen LogP) is 1.65. The topological polar surface area (TPSA) is 58.5 Å². The Labute approximate surface area is 115 Å². The fourth-order valence-electron chi connectivity index (χ4n) is 1.85. The second kappa shape index (κ2) is 8.82. The van der Waals surface area contributed by atoms with Gasteiger partial charge in [0.2, 0.25) is 5.88 Å². The summed E-state index contributed by atoms with van der Waals surface area (Å²) in [5.74, 6) is 0.585. The molecule has 0 unspecified atom stereocenters. The lowest BCUT2D eigenvalue weighted by atomic mass is 10.3. The molecular weight excluding hydrogens is 242 g/mol. The number of nitrogens with zero attached hydrogens (tertiary/aromatic N) is 3. The molecule has 2 rings (SSSR count). The van der Waals surface area contributed by atoms with Crippen LogP contribution < -0.4 is 4.74 Å². The Morgan fingerprint density at radius 1 is 1.37 bits per heavy atom. The van der Waals surface area contributed by atoms with Gasteiger partial charge < -0.3 is 9.84 Å². The highest BCUT2D eigenvalue weighted by atomic mass is 16.5. The van der Waals surface area contributed by atoms with Gasteiger partial charge >= 0.3 is 0 Å². The fraction of sp³-hybridized carbons (Fsp3) is 0.714. The largest absolute Gasteiger partial charge is 0.472 e. The van der Waals surface area contributed by atoms with Gasteiger partial charge in [-0.25, -0.2) is 4.98 Å². The lowest BCUT2D eigenvalue weighted by molar-refractivity contribution is 0.176. The molecule has 1 atom stereocenters. The highest BCUT2D eigenvalue weighted by molar-refractivity contribution is 5.06. The summed E-state index contributed by atoms with van der Waals surface area (Å²) >= 11 is 0. The minimum absolute atomic E-state index is 0.170. The zero-order valence-corrected chi connectivity index (χ0v) is 12.2. The minimum atomic E-state index is 0.170. The van der Waals surface area contributed by atoms with Crippen LogP contribution in [0.3, 0.4) is 0 Å². The molecule has 0 amide bonds. The van der Waals surface area contributed by atoms with E-state index in [0.29, 0.717) is 5.88 Å². The first-order chi connectivity index (χ1) is 9.19. The van der Waals surface area contributed by atoms with Crippen LogP contribution in [0.1, 0.15) is 32.4 Å². The molecule has 19 heavy (non-hydrogen) atoms. The van der Waals surface area contributed by atoms with Crippen LogP contribution in [0.15, 0.2) is 12.4 Å². The van der Waals surface area contributed by atoms with Crippen LogP contribution in [0.2, 0.25) is 0 Å². The summed E-state index contributed by atoms with van der Waals surface area (Å²) in [6.07, 6.45) is 5.76. The van der Waals surface area contributed by atoms with Crippen molar-refractivity contribution in [2.75, 3.05) is 26.2 Å². The van der Waals surface area contributed by atoms with E-state index in [2.05, 4.69) is 28.7 Å². The van der Waals surface area contributed by atoms with Crippen molar-refractivity contribution in [1.29, 1.82) is 0 Å². The molecule has 1 aromatic heterocycles. The molecule has 1 aliphatic heterocycles. The number of β-amino-alcohol motifs (C(OH)–C–C–N with tert-alkyl or cyclic N) is 1. The van der Waals surface area contributed by atoms with E-state index >= 15 is 0 Å². The summed E-state index contributed by atoms with van der Waals surface area (Å²) in [5.41, 5.74) is 0.890. The Hall–Kier alpha value is -1.20. The second-order valence-corrected chi connectivity index (χ2v) is 4.76. The molecule has 0 aromatic carbocycles. The number of rotatable bonds is 4. The normalized spacial score (nSPS) is 18.8. The van der Waals surface area contributed by atoms with Crippen molar-refractivity contribution in [3.63, 3.8) is 0 Å². The molecule has 0 spiro atoms. The first-order valence-corrected chi connectivity index (χ1v) is 6.98. The van der Waals surface area contributed by atoms with Crippen LogP contribution in [0.4, 0.5) is 0 Å². The van der Waals surface area contributed by atoms with Gasteiger partial charge in [0.05, 0.1) is 24.7 Å². The van der Waals surface area contributed by atoms with E-state index < -0.39 is 0 Å². The van der Waals surface area contributed by atoms with Gasteiger partial charge in [-0.05, 0) is 13.3 Å². The summed E-state index contributed by atoms with van der Waals surface area (Å²) in [5, 5.41) is 8.83. The lowest BCUT2D eigenvalue weighted by Gasteiger charge is -2.14. The van der Waals surface area contributed by atoms with Crippen LogP contribution in [-0.4, -0.2) is 52.3 Å². The number of aromatic nitrogens is 2. The van der Waals surface area contributed by atoms with E-state index in [0.717, 1.165) is 31.7 Å². The average Bonchev–Trinajstić information content (AvgIpc) is 2.81. The molecule has 1 aromatic rings.